The Morgan fingerprint density at radius 1 is 1.59 bits per heavy atom. The third-order valence-electron chi connectivity index (χ3n) is 2.06. The fourth-order valence-electron chi connectivity index (χ4n) is 1.18. The Hall–Kier alpha value is -0.650. The van der Waals surface area contributed by atoms with E-state index in [0.717, 1.165) is 0 Å². The Morgan fingerprint density at radius 3 is 2.76 bits per heavy atom. The summed E-state index contributed by atoms with van der Waals surface area (Å²) < 4.78 is 14.0. The first kappa shape index (κ1) is 16.4. The lowest BCUT2D eigenvalue weighted by Crippen LogP contribution is -2.29. The number of nitrogens with one attached hydrogen (secondary N) is 1. The van der Waals surface area contributed by atoms with Crippen LogP contribution in [0.25, 0.3) is 0 Å². The molecule has 0 fully saturated rings. The van der Waals surface area contributed by atoms with Crippen LogP contribution in [0, 0.1) is 5.82 Å². The molecule has 1 atom stereocenters. The largest absolute Gasteiger partial charge is 0.352 e. The van der Waals surface area contributed by atoms with E-state index in [1.807, 2.05) is 6.92 Å². The van der Waals surface area contributed by atoms with Crippen molar-refractivity contribution in [2.75, 3.05) is 6.54 Å². The van der Waals surface area contributed by atoms with Crippen LogP contribution >= 0.6 is 28.3 Å². The lowest BCUT2D eigenvalue weighted by atomic mass is 10.2. The molecule has 17 heavy (non-hydrogen) atoms. The second-order valence-corrected chi connectivity index (χ2v) is 4.56. The number of benzene rings is 1. The molecule has 1 aromatic carbocycles. The summed E-state index contributed by atoms with van der Waals surface area (Å²) in [7, 11) is 0. The van der Waals surface area contributed by atoms with Crippen molar-refractivity contribution >= 4 is 34.2 Å². The predicted molar refractivity (Wildman–Crippen MR) is 71.9 cm³/mol. The number of amides is 1. The molecule has 3 nitrogen and oxygen atoms in total. The average Bonchev–Trinajstić information content (AvgIpc) is 2.16. The topological polar surface area (TPSA) is 55.1 Å². The van der Waals surface area contributed by atoms with Crippen molar-refractivity contribution in [3.63, 3.8) is 0 Å². The summed E-state index contributed by atoms with van der Waals surface area (Å²) >= 11 is 3.13. The lowest BCUT2D eigenvalue weighted by Gasteiger charge is -2.08. The number of carbonyl (C=O) groups is 1. The number of carbonyl (C=O) groups excluding carboxylic acids is 1. The van der Waals surface area contributed by atoms with E-state index in [1.54, 1.807) is 6.07 Å². The van der Waals surface area contributed by atoms with Crippen molar-refractivity contribution < 1.29 is 9.18 Å². The molecule has 1 amide bonds. The van der Waals surface area contributed by atoms with Gasteiger partial charge in [-0.05, 0) is 31.5 Å². The molecule has 0 aliphatic rings. The first-order valence-electron chi connectivity index (χ1n) is 4.99. The molecule has 6 heteroatoms. The zero-order valence-corrected chi connectivity index (χ0v) is 11.8. The van der Waals surface area contributed by atoms with Crippen molar-refractivity contribution in [2.45, 2.75) is 19.4 Å². The van der Waals surface area contributed by atoms with Crippen molar-refractivity contribution in [3.05, 3.63) is 34.1 Å². The fourth-order valence-corrected chi connectivity index (χ4v) is 1.52. The van der Waals surface area contributed by atoms with E-state index in [1.165, 1.54) is 12.1 Å². The van der Waals surface area contributed by atoms with E-state index in [9.17, 15) is 9.18 Å². The van der Waals surface area contributed by atoms with Gasteiger partial charge in [-0.15, -0.1) is 12.4 Å². The SMILES string of the molecule is CC(N)CCNC(=O)c1ccc(Br)cc1F.Cl. The summed E-state index contributed by atoms with van der Waals surface area (Å²) in [5.74, 6) is -0.946. The van der Waals surface area contributed by atoms with Gasteiger partial charge in [-0.25, -0.2) is 4.39 Å². The molecule has 1 rings (SSSR count). The van der Waals surface area contributed by atoms with E-state index in [4.69, 9.17) is 5.73 Å². The van der Waals surface area contributed by atoms with Crippen LogP contribution in [0.2, 0.25) is 0 Å². The second kappa shape index (κ2) is 7.63. The molecule has 1 aromatic rings. The number of nitrogens with two attached hydrogens (primary N) is 1. The number of hydrogen-bond donors (Lipinski definition) is 2. The quantitative estimate of drug-likeness (QED) is 0.893. The summed E-state index contributed by atoms with van der Waals surface area (Å²) in [4.78, 5) is 11.6. The van der Waals surface area contributed by atoms with E-state index < -0.39 is 11.7 Å². The van der Waals surface area contributed by atoms with Crippen molar-refractivity contribution in [1.29, 1.82) is 0 Å². The summed E-state index contributed by atoms with van der Waals surface area (Å²) in [5, 5.41) is 2.62. The molecule has 0 heterocycles. The Bertz CT molecular complexity index is 388. The normalized spacial score (nSPS) is 11.5. The van der Waals surface area contributed by atoms with Crippen LogP contribution in [-0.4, -0.2) is 18.5 Å². The van der Waals surface area contributed by atoms with Crippen molar-refractivity contribution in [1.82, 2.24) is 5.32 Å². The van der Waals surface area contributed by atoms with E-state index >= 15 is 0 Å². The van der Waals surface area contributed by atoms with Crippen molar-refractivity contribution in [3.8, 4) is 0 Å². The molecular formula is C11H15BrClFN2O. The number of hydrogen-bond acceptors (Lipinski definition) is 2. The average molecular weight is 326 g/mol. The molecule has 0 saturated carbocycles. The molecule has 0 radical (unpaired) electrons. The molecule has 0 saturated heterocycles. The highest BCUT2D eigenvalue weighted by Crippen LogP contribution is 2.15. The van der Waals surface area contributed by atoms with Crippen LogP contribution in [0.5, 0.6) is 0 Å². The molecular weight excluding hydrogens is 310 g/mol. The van der Waals surface area contributed by atoms with Gasteiger partial charge in [-0.1, -0.05) is 15.9 Å². The Morgan fingerprint density at radius 2 is 2.24 bits per heavy atom. The first-order valence-corrected chi connectivity index (χ1v) is 5.79. The van der Waals surface area contributed by atoms with Gasteiger partial charge in [0.1, 0.15) is 5.82 Å². The lowest BCUT2D eigenvalue weighted by molar-refractivity contribution is 0.0949. The molecule has 0 aromatic heterocycles. The van der Waals surface area contributed by atoms with Crippen LogP contribution in [0.4, 0.5) is 4.39 Å². The minimum absolute atomic E-state index is 0. The predicted octanol–water partition coefficient (Wildman–Crippen LogP) is 2.48. The first-order chi connectivity index (χ1) is 7.50. The molecule has 0 bridgehead atoms. The van der Waals surface area contributed by atoms with Gasteiger partial charge in [0.2, 0.25) is 0 Å². The number of rotatable bonds is 4. The monoisotopic (exact) mass is 324 g/mol. The second-order valence-electron chi connectivity index (χ2n) is 3.65. The number of halogens is 3. The van der Waals surface area contributed by atoms with E-state index in [2.05, 4.69) is 21.2 Å². The van der Waals surface area contributed by atoms with Crippen LogP contribution in [0.1, 0.15) is 23.7 Å². The maximum Gasteiger partial charge on any atom is 0.254 e. The third-order valence-corrected chi connectivity index (χ3v) is 2.55. The van der Waals surface area contributed by atoms with Gasteiger partial charge in [-0.2, -0.15) is 0 Å². The van der Waals surface area contributed by atoms with E-state index in [0.29, 0.717) is 17.4 Å². The van der Waals surface area contributed by atoms with Gasteiger partial charge in [-0.3, -0.25) is 4.79 Å². The molecule has 96 valence electrons. The Kier molecular flexibility index (Phi) is 7.34. The maximum atomic E-state index is 13.4. The summed E-state index contributed by atoms with van der Waals surface area (Å²) in [6.07, 6.45) is 0.671. The zero-order valence-electron chi connectivity index (χ0n) is 9.37. The van der Waals surface area contributed by atoms with Crippen molar-refractivity contribution in [2.24, 2.45) is 5.73 Å². The summed E-state index contributed by atoms with van der Waals surface area (Å²) in [6.45, 7) is 2.30. The zero-order chi connectivity index (χ0) is 12.1. The van der Waals surface area contributed by atoms with Gasteiger partial charge in [0.25, 0.3) is 5.91 Å². The fraction of sp³-hybridized carbons (Fsp3) is 0.364. The van der Waals surface area contributed by atoms with E-state index in [-0.39, 0.29) is 24.0 Å². The third kappa shape index (κ3) is 5.48. The standard InChI is InChI=1S/C11H14BrFN2O.ClH/c1-7(14)4-5-15-11(16)9-3-2-8(12)6-10(9)13;/h2-3,6-7H,4-5,14H2,1H3,(H,15,16);1H. The smallest absolute Gasteiger partial charge is 0.254 e. The molecule has 3 N–H and O–H groups in total. The van der Waals surface area contributed by atoms with Crippen LogP contribution < -0.4 is 11.1 Å². The van der Waals surface area contributed by atoms with Gasteiger partial charge in [0.15, 0.2) is 0 Å². The Balaban J connectivity index is 0.00000256. The van der Waals surface area contributed by atoms with Crippen LogP contribution in [0.15, 0.2) is 22.7 Å². The summed E-state index contributed by atoms with van der Waals surface area (Å²) in [6, 6.07) is 4.36. The highest BCUT2D eigenvalue weighted by atomic mass is 79.9. The van der Waals surface area contributed by atoms with Gasteiger partial charge in [0.05, 0.1) is 5.56 Å². The minimum Gasteiger partial charge on any atom is -0.352 e. The van der Waals surface area contributed by atoms with Crippen LogP contribution in [-0.2, 0) is 0 Å². The molecule has 0 spiro atoms. The maximum absolute atomic E-state index is 13.4. The van der Waals surface area contributed by atoms with Crippen LogP contribution in [0.3, 0.4) is 0 Å². The van der Waals surface area contributed by atoms with Gasteiger partial charge < -0.3 is 11.1 Å². The highest BCUT2D eigenvalue weighted by molar-refractivity contribution is 9.10. The molecule has 1 unspecified atom stereocenters. The molecule has 0 aliphatic carbocycles. The Labute approximate surface area is 114 Å². The van der Waals surface area contributed by atoms with Gasteiger partial charge in [0, 0.05) is 17.1 Å². The summed E-state index contributed by atoms with van der Waals surface area (Å²) in [5.41, 5.74) is 5.58. The minimum atomic E-state index is -0.535. The molecule has 0 aliphatic heterocycles. The van der Waals surface area contributed by atoms with Gasteiger partial charge >= 0.3 is 0 Å². The highest BCUT2D eigenvalue weighted by Gasteiger charge is 2.11.